The highest BCUT2D eigenvalue weighted by Crippen LogP contribution is 2.20. The molecule has 36 heavy (non-hydrogen) atoms. The molecule has 0 unspecified atom stereocenters. The van der Waals surface area contributed by atoms with E-state index in [-0.39, 0.29) is 29.2 Å². The van der Waals surface area contributed by atoms with Crippen molar-refractivity contribution in [3.05, 3.63) is 71.7 Å². The van der Waals surface area contributed by atoms with Crippen LogP contribution in [0.2, 0.25) is 0 Å². The number of likely N-dealkylation sites (tertiary alicyclic amines) is 1. The number of halogens is 2. The predicted molar refractivity (Wildman–Crippen MR) is 130 cm³/mol. The lowest BCUT2D eigenvalue weighted by Gasteiger charge is -2.24. The molecule has 1 aromatic carbocycles. The van der Waals surface area contributed by atoms with Crippen molar-refractivity contribution in [1.82, 2.24) is 25.1 Å². The molecule has 1 fully saturated rings. The second-order valence-corrected chi connectivity index (χ2v) is 8.63. The van der Waals surface area contributed by atoms with Crippen molar-refractivity contribution in [2.24, 2.45) is 5.73 Å². The smallest absolute Gasteiger partial charge is 0.252 e. The van der Waals surface area contributed by atoms with Gasteiger partial charge in [0.05, 0.1) is 23.0 Å². The van der Waals surface area contributed by atoms with E-state index in [2.05, 4.69) is 20.8 Å². The number of nitrogens with zero attached hydrogens (tertiary/aromatic N) is 4. The summed E-state index contributed by atoms with van der Waals surface area (Å²) in [5, 5.41) is 6.66. The van der Waals surface area contributed by atoms with E-state index in [4.69, 9.17) is 5.73 Å². The average molecular weight is 498 g/mol. The molecule has 0 saturated carbocycles. The summed E-state index contributed by atoms with van der Waals surface area (Å²) in [6.07, 6.45) is 5.27. The highest BCUT2D eigenvalue weighted by Gasteiger charge is 2.30. The van der Waals surface area contributed by atoms with Gasteiger partial charge in [0.2, 0.25) is 11.9 Å². The van der Waals surface area contributed by atoms with Gasteiger partial charge in [0.15, 0.2) is 0 Å². The third kappa shape index (κ3) is 6.22. The van der Waals surface area contributed by atoms with Crippen molar-refractivity contribution >= 4 is 11.8 Å². The fraction of sp³-hybridized carbons (Fsp3) is 0.360. The number of nitrogens with two attached hydrogens (primary N) is 1. The Balaban J connectivity index is 1.31. The Kier molecular flexibility index (Phi) is 8.21. The molecule has 190 valence electrons. The number of carbonyl (C=O) groups is 2. The van der Waals surface area contributed by atoms with Gasteiger partial charge in [-0.3, -0.25) is 14.6 Å². The average Bonchev–Trinajstić information content (AvgIpc) is 3.42. The number of amides is 2. The van der Waals surface area contributed by atoms with Gasteiger partial charge < -0.3 is 21.4 Å². The molecule has 2 aromatic heterocycles. The Morgan fingerprint density at radius 3 is 2.83 bits per heavy atom. The van der Waals surface area contributed by atoms with Gasteiger partial charge in [-0.25, -0.2) is 4.39 Å². The van der Waals surface area contributed by atoms with Crippen molar-refractivity contribution in [3.8, 4) is 11.3 Å². The van der Waals surface area contributed by atoms with Crippen molar-refractivity contribution in [2.45, 2.75) is 31.7 Å². The van der Waals surface area contributed by atoms with E-state index in [1.165, 1.54) is 29.3 Å². The number of benzene rings is 1. The van der Waals surface area contributed by atoms with Crippen LogP contribution in [0.5, 0.6) is 0 Å². The lowest BCUT2D eigenvalue weighted by Crippen LogP contribution is -2.42. The molecule has 2 amide bonds. The van der Waals surface area contributed by atoms with E-state index in [1.54, 1.807) is 23.1 Å². The van der Waals surface area contributed by atoms with Gasteiger partial charge in [0.25, 0.3) is 5.91 Å². The molecular weight excluding hydrogens is 468 g/mol. The van der Waals surface area contributed by atoms with Crippen LogP contribution in [0.25, 0.3) is 11.3 Å². The van der Waals surface area contributed by atoms with Gasteiger partial charge in [0, 0.05) is 38.3 Å². The maximum Gasteiger partial charge on any atom is 0.252 e. The number of hydrogen-bond donors (Lipinski definition) is 3. The molecule has 3 heterocycles. The molecule has 1 saturated heterocycles. The van der Waals surface area contributed by atoms with E-state index in [1.807, 2.05) is 6.07 Å². The van der Waals surface area contributed by atoms with Crippen molar-refractivity contribution in [3.63, 3.8) is 0 Å². The molecule has 4 N–H and O–H groups in total. The number of nitrogens with one attached hydrogen (secondary N) is 2. The van der Waals surface area contributed by atoms with Crippen LogP contribution in [0.1, 0.15) is 35.2 Å². The zero-order valence-electron chi connectivity index (χ0n) is 19.8. The third-order valence-electron chi connectivity index (χ3n) is 6.10. The van der Waals surface area contributed by atoms with E-state index in [9.17, 15) is 18.4 Å². The van der Waals surface area contributed by atoms with Gasteiger partial charge in [-0.1, -0.05) is 12.1 Å². The van der Waals surface area contributed by atoms with Crippen molar-refractivity contribution in [1.29, 1.82) is 0 Å². The Labute approximate surface area is 207 Å². The fourth-order valence-electron chi connectivity index (χ4n) is 4.19. The van der Waals surface area contributed by atoms with E-state index < -0.39 is 5.95 Å². The molecule has 3 aromatic rings. The molecule has 0 bridgehead atoms. The van der Waals surface area contributed by atoms with Crippen LogP contribution in [0, 0.1) is 11.8 Å². The molecule has 1 atom stereocenters. The molecule has 1 aliphatic rings. The normalized spacial score (nSPS) is 15.4. The summed E-state index contributed by atoms with van der Waals surface area (Å²) in [4.78, 5) is 31.9. The molecular formula is C25H29F2N7O2. The Bertz CT molecular complexity index is 1200. The monoisotopic (exact) mass is 497 g/mol. The second kappa shape index (κ2) is 11.7. The lowest BCUT2D eigenvalue weighted by atomic mass is 10.1. The van der Waals surface area contributed by atoms with Crippen LogP contribution in [0.15, 0.2) is 48.8 Å². The van der Waals surface area contributed by atoms with E-state index >= 15 is 0 Å². The van der Waals surface area contributed by atoms with Gasteiger partial charge in [-0.15, -0.1) is 5.10 Å². The molecule has 11 heteroatoms. The van der Waals surface area contributed by atoms with Crippen LogP contribution < -0.4 is 16.5 Å². The highest BCUT2D eigenvalue weighted by molar-refractivity contribution is 5.94. The predicted octanol–water partition coefficient (Wildman–Crippen LogP) is 2.08. The Morgan fingerprint density at radius 2 is 2.08 bits per heavy atom. The first-order chi connectivity index (χ1) is 17.4. The highest BCUT2D eigenvalue weighted by atomic mass is 19.1. The molecule has 0 radical (unpaired) electrons. The standard InChI is InChI=1S/C25H29F2N7O2/c26-19-4-1-3-17(13-19)9-11-31-34-16-21(24(27)32-34)22-7-5-18(14-29-22)25(36)30-15-20-6-8-23(35)33(20)12-2-10-28/h1,3-5,7,13-14,16,20,31H,2,6,8-12,15,28H2,(H,30,36)/t20-/m1/s1. The van der Waals surface area contributed by atoms with Crippen molar-refractivity contribution < 1.29 is 18.4 Å². The summed E-state index contributed by atoms with van der Waals surface area (Å²) in [5.41, 5.74) is 10.2. The SMILES string of the molecule is NCCCN1C(=O)CC[C@@H]1CNC(=O)c1ccc(-c2cn(NCCc3cccc(F)c3)nc2F)nc1. The zero-order valence-corrected chi connectivity index (χ0v) is 19.8. The molecule has 0 aliphatic carbocycles. The summed E-state index contributed by atoms with van der Waals surface area (Å²) in [5.74, 6) is -1.25. The molecule has 4 rings (SSSR count). The van der Waals surface area contributed by atoms with Crippen LogP contribution in [-0.4, -0.2) is 63.8 Å². The molecule has 0 spiro atoms. The third-order valence-corrected chi connectivity index (χ3v) is 6.10. The summed E-state index contributed by atoms with van der Waals surface area (Å²) in [6, 6.07) is 9.35. The maximum atomic E-state index is 14.4. The number of carbonyl (C=O) groups excluding carboxylic acids is 2. The van der Waals surface area contributed by atoms with E-state index in [0.717, 1.165) is 12.0 Å². The van der Waals surface area contributed by atoms with Crippen LogP contribution >= 0.6 is 0 Å². The van der Waals surface area contributed by atoms with Crippen LogP contribution in [0.4, 0.5) is 8.78 Å². The van der Waals surface area contributed by atoms with E-state index in [0.29, 0.717) is 56.7 Å². The van der Waals surface area contributed by atoms with Gasteiger partial charge >= 0.3 is 0 Å². The first-order valence-corrected chi connectivity index (χ1v) is 11.9. The summed E-state index contributed by atoms with van der Waals surface area (Å²) in [6.45, 7) is 1.86. The Hall–Kier alpha value is -3.86. The minimum absolute atomic E-state index is 0.0476. The fourth-order valence-corrected chi connectivity index (χ4v) is 4.19. The number of hydrogen-bond acceptors (Lipinski definition) is 6. The Morgan fingerprint density at radius 1 is 1.22 bits per heavy atom. The second-order valence-electron chi connectivity index (χ2n) is 8.63. The van der Waals surface area contributed by atoms with Crippen LogP contribution in [-0.2, 0) is 11.2 Å². The molecule has 1 aliphatic heterocycles. The first kappa shape index (κ1) is 25.2. The summed E-state index contributed by atoms with van der Waals surface area (Å²) in [7, 11) is 0. The van der Waals surface area contributed by atoms with Gasteiger partial charge in [-0.2, -0.15) is 9.18 Å². The minimum Gasteiger partial charge on any atom is -0.350 e. The lowest BCUT2D eigenvalue weighted by molar-refractivity contribution is -0.128. The van der Waals surface area contributed by atoms with Crippen molar-refractivity contribution in [2.75, 3.05) is 31.6 Å². The summed E-state index contributed by atoms with van der Waals surface area (Å²) >= 11 is 0. The largest absolute Gasteiger partial charge is 0.350 e. The number of rotatable bonds is 11. The number of aromatic nitrogens is 3. The molecule has 9 nitrogen and oxygen atoms in total. The minimum atomic E-state index is -0.707. The van der Waals surface area contributed by atoms with Gasteiger partial charge in [-0.05, 0) is 55.6 Å². The zero-order chi connectivity index (χ0) is 25.5. The number of pyridine rings is 1. The van der Waals surface area contributed by atoms with Crippen LogP contribution in [0.3, 0.4) is 0 Å². The van der Waals surface area contributed by atoms with Gasteiger partial charge in [0.1, 0.15) is 5.82 Å². The first-order valence-electron chi connectivity index (χ1n) is 11.9. The topological polar surface area (TPSA) is 118 Å². The summed E-state index contributed by atoms with van der Waals surface area (Å²) < 4.78 is 27.7. The maximum absolute atomic E-state index is 14.4. The quantitative estimate of drug-likeness (QED) is 0.373.